The molecular formula is C30H32ClN5O2. The van der Waals surface area contributed by atoms with Gasteiger partial charge < -0.3 is 9.80 Å². The normalized spacial score (nSPS) is 11.0. The summed E-state index contributed by atoms with van der Waals surface area (Å²) in [6, 6.07) is 22.6. The molecule has 3 aromatic carbocycles. The van der Waals surface area contributed by atoms with Crippen LogP contribution in [0.25, 0.3) is 16.9 Å². The van der Waals surface area contributed by atoms with Crippen molar-refractivity contribution in [2.24, 2.45) is 0 Å². The minimum Gasteiger partial charge on any atom is -0.328 e. The van der Waals surface area contributed by atoms with Gasteiger partial charge in [0, 0.05) is 41.1 Å². The van der Waals surface area contributed by atoms with Crippen LogP contribution in [-0.4, -0.2) is 64.9 Å². The standard InChI is InChI=1S/C30H32ClN5O2/c1-21-10-15-26(18-22(21)2)36-19-27(23-8-6-5-7-9-23)32-30(36)33-28(37)20-35(17-16-34(3)4)29(38)24-11-13-25(31)14-12-24/h5-15,18-19H,16-17,20H2,1-4H3,(H,32,33,37). The van der Waals surface area contributed by atoms with Crippen molar-refractivity contribution in [1.29, 1.82) is 0 Å². The molecule has 0 aliphatic rings. The second-order valence-electron chi connectivity index (χ2n) is 9.54. The van der Waals surface area contributed by atoms with Gasteiger partial charge in [0.25, 0.3) is 5.91 Å². The number of hydrogen-bond donors (Lipinski definition) is 1. The number of rotatable bonds is 9. The predicted octanol–water partition coefficient (Wildman–Crippen LogP) is 5.45. The summed E-state index contributed by atoms with van der Waals surface area (Å²) in [6.45, 7) is 5.00. The summed E-state index contributed by atoms with van der Waals surface area (Å²) in [4.78, 5) is 34.8. The van der Waals surface area contributed by atoms with Crippen LogP contribution in [0.1, 0.15) is 21.5 Å². The fourth-order valence-electron chi connectivity index (χ4n) is 3.97. The Labute approximate surface area is 228 Å². The highest BCUT2D eigenvalue weighted by molar-refractivity contribution is 6.30. The van der Waals surface area contributed by atoms with E-state index < -0.39 is 0 Å². The molecule has 0 spiro atoms. The molecule has 38 heavy (non-hydrogen) atoms. The number of imidazole rings is 1. The summed E-state index contributed by atoms with van der Waals surface area (Å²) < 4.78 is 1.87. The van der Waals surface area contributed by atoms with E-state index in [-0.39, 0.29) is 18.4 Å². The molecule has 0 unspecified atom stereocenters. The number of halogens is 1. The van der Waals surface area contributed by atoms with Crippen LogP contribution in [0.5, 0.6) is 0 Å². The Bertz CT molecular complexity index is 1410. The third-order valence-electron chi connectivity index (χ3n) is 6.33. The predicted molar refractivity (Wildman–Crippen MR) is 153 cm³/mol. The van der Waals surface area contributed by atoms with E-state index in [1.54, 1.807) is 29.2 Å². The van der Waals surface area contributed by atoms with Crippen LogP contribution in [0, 0.1) is 13.8 Å². The van der Waals surface area contributed by atoms with E-state index in [1.807, 2.05) is 72.2 Å². The van der Waals surface area contributed by atoms with Crippen LogP contribution < -0.4 is 5.32 Å². The van der Waals surface area contributed by atoms with E-state index in [0.717, 1.165) is 22.5 Å². The first kappa shape index (κ1) is 27.1. The molecule has 0 radical (unpaired) electrons. The molecule has 4 rings (SSSR count). The van der Waals surface area contributed by atoms with E-state index in [2.05, 4.69) is 25.2 Å². The van der Waals surface area contributed by atoms with Crippen LogP contribution in [0.15, 0.2) is 79.0 Å². The van der Waals surface area contributed by atoms with Crippen molar-refractivity contribution >= 4 is 29.4 Å². The zero-order chi connectivity index (χ0) is 27.2. The van der Waals surface area contributed by atoms with Gasteiger partial charge in [-0.1, -0.05) is 48.0 Å². The average Bonchev–Trinajstić information content (AvgIpc) is 3.32. The van der Waals surface area contributed by atoms with Crippen LogP contribution in [0.3, 0.4) is 0 Å². The number of nitrogens with one attached hydrogen (secondary N) is 1. The van der Waals surface area contributed by atoms with Gasteiger partial charge in [-0.05, 0) is 75.5 Å². The number of carbonyl (C=O) groups excluding carboxylic acids is 2. The van der Waals surface area contributed by atoms with Gasteiger partial charge in [-0.25, -0.2) is 4.98 Å². The SMILES string of the molecule is Cc1ccc(-n2cc(-c3ccccc3)nc2NC(=O)CN(CCN(C)C)C(=O)c2ccc(Cl)cc2)cc1C. The van der Waals surface area contributed by atoms with Crippen molar-refractivity contribution in [3.63, 3.8) is 0 Å². The van der Waals surface area contributed by atoms with Crippen LogP contribution in [-0.2, 0) is 4.79 Å². The maximum absolute atomic E-state index is 13.3. The van der Waals surface area contributed by atoms with E-state index in [4.69, 9.17) is 16.6 Å². The van der Waals surface area contributed by atoms with Gasteiger partial charge in [-0.3, -0.25) is 19.5 Å². The molecule has 0 fully saturated rings. The van der Waals surface area contributed by atoms with Crippen molar-refractivity contribution in [3.05, 3.63) is 101 Å². The Morgan fingerprint density at radius 2 is 1.63 bits per heavy atom. The molecule has 2 amide bonds. The minimum absolute atomic E-state index is 0.115. The van der Waals surface area contributed by atoms with Crippen LogP contribution in [0.2, 0.25) is 5.02 Å². The van der Waals surface area contributed by atoms with Crippen molar-refractivity contribution in [1.82, 2.24) is 19.4 Å². The maximum atomic E-state index is 13.3. The third kappa shape index (κ3) is 6.68. The Morgan fingerprint density at radius 1 is 0.921 bits per heavy atom. The molecule has 4 aromatic rings. The summed E-state index contributed by atoms with van der Waals surface area (Å²) in [5, 5.41) is 3.50. The number of anilines is 1. The summed E-state index contributed by atoms with van der Waals surface area (Å²) in [5.74, 6) is -0.175. The number of carbonyl (C=O) groups is 2. The molecule has 8 heteroatoms. The van der Waals surface area contributed by atoms with Crippen molar-refractivity contribution in [3.8, 4) is 16.9 Å². The van der Waals surface area contributed by atoms with E-state index in [9.17, 15) is 9.59 Å². The first-order valence-corrected chi connectivity index (χ1v) is 12.8. The molecule has 7 nitrogen and oxygen atoms in total. The maximum Gasteiger partial charge on any atom is 0.254 e. The lowest BCUT2D eigenvalue weighted by Crippen LogP contribution is -2.41. The molecule has 1 N–H and O–H groups in total. The van der Waals surface area contributed by atoms with Gasteiger partial charge in [0.15, 0.2) is 0 Å². The number of amides is 2. The topological polar surface area (TPSA) is 70.5 Å². The number of aryl methyl sites for hydroxylation is 2. The fraction of sp³-hybridized carbons (Fsp3) is 0.233. The molecule has 0 saturated heterocycles. The average molecular weight is 530 g/mol. The number of benzene rings is 3. The molecule has 0 bridgehead atoms. The Balaban J connectivity index is 1.62. The van der Waals surface area contributed by atoms with Gasteiger partial charge in [0.2, 0.25) is 11.9 Å². The highest BCUT2D eigenvalue weighted by Crippen LogP contribution is 2.25. The summed E-state index contributed by atoms with van der Waals surface area (Å²) >= 11 is 6.00. The summed E-state index contributed by atoms with van der Waals surface area (Å²) in [7, 11) is 3.85. The van der Waals surface area contributed by atoms with Crippen molar-refractivity contribution in [2.45, 2.75) is 13.8 Å². The van der Waals surface area contributed by atoms with Gasteiger partial charge in [0.1, 0.15) is 6.54 Å². The molecule has 0 aliphatic heterocycles. The van der Waals surface area contributed by atoms with Gasteiger partial charge in [-0.15, -0.1) is 0 Å². The molecule has 1 heterocycles. The van der Waals surface area contributed by atoms with E-state index >= 15 is 0 Å². The van der Waals surface area contributed by atoms with Crippen molar-refractivity contribution < 1.29 is 9.59 Å². The largest absolute Gasteiger partial charge is 0.328 e. The molecule has 196 valence electrons. The molecule has 0 atom stereocenters. The highest BCUT2D eigenvalue weighted by Gasteiger charge is 2.21. The quantitative estimate of drug-likeness (QED) is 0.313. The first-order valence-electron chi connectivity index (χ1n) is 12.4. The van der Waals surface area contributed by atoms with E-state index in [1.165, 1.54) is 5.56 Å². The zero-order valence-corrected chi connectivity index (χ0v) is 22.9. The summed E-state index contributed by atoms with van der Waals surface area (Å²) in [5.41, 5.74) is 5.36. The van der Waals surface area contributed by atoms with Gasteiger partial charge in [-0.2, -0.15) is 0 Å². The molecule has 0 saturated carbocycles. The number of hydrogen-bond acceptors (Lipinski definition) is 4. The Hall–Kier alpha value is -3.94. The second kappa shape index (κ2) is 12.1. The Morgan fingerprint density at radius 3 is 2.29 bits per heavy atom. The zero-order valence-electron chi connectivity index (χ0n) is 22.1. The molecule has 0 aliphatic carbocycles. The Kier molecular flexibility index (Phi) is 8.61. The van der Waals surface area contributed by atoms with Crippen LogP contribution >= 0.6 is 11.6 Å². The van der Waals surface area contributed by atoms with E-state index in [0.29, 0.717) is 29.6 Å². The lowest BCUT2D eigenvalue weighted by Gasteiger charge is -2.24. The number of nitrogens with zero attached hydrogens (tertiary/aromatic N) is 4. The smallest absolute Gasteiger partial charge is 0.254 e. The number of likely N-dealkylation sites (N-methyl/N-ethyl adjacent to an activating group) is 1. The second-order valence-corrected chi connectivity index (χ2v) is 9.98. The van der Waals surface area contributed by atoms with Gasteiger partial charge in [0.05, 0.1) is 5.69 Å². The van der Waals surface area contributed by atoms with Gasteiger partial charge >= 0.3 is 0 Å². The summed E-state index contributed by atoms with van der Waals surface area (Å²) in [6.07, 6.45) is 1.91. The fourth-order valence-corrected chi connectivity index (χ4v) is 4.10. The highest BCUT2D eigenvalue weighted by atomic mass is 35.5. The molecular weight excluding hydrogens is 498 g/mol. The molecule has 1 aromatic heterocycles. The first-order chi connectivity index (χ1) is 18.2. The monoisotopic (exact) mass is 529 g/mol. The van der Waals surface area contributed by atoms with Crippen LogP contribution in [0.4, 0.5) is 5.95 Å². The minimum atomic E-state index is -0.332. The lowest BCUT2D eigenvalue weighted by molar-refractivity contribution is -0.117. The number of aromatic nitrogens is 2. The van der Waals surface area contributed by atoms with Crippen molar-refractivity contribution in [2.75, 3.05) is 39.0 Å². The third-order valence-corrected chi connectivity index (χ3v) is 6.58. The lowest BCUT2D eigenvalue weighted by atomic mass is 10.1.